The minimum Gasteiger partial charge on any atom is -0.236 e. The Hall–Kier alpha value is -1.45. The van der Waals surface area contributed by atoms with Crippen LogP contribution in [0.2, 0.25) is 0 Å². The first-order valence-corrected chi connectivity index (χ1v) is 9.27. The number of aromatic nitrogens is 1. The van der Waals surface area contributed by atoms with Gasteiger partial charge in [0, 0.05) is 21.0 Å². The molecule has 116 valence electrons. The molecule has 0 radical (unpaired) electrons. The lowest BCUT2D eigenvalue weighted by Crippen LogP contribution is -1.79. The molecule has 1 nitrogen and oxygen atoms in total. The summed E-state index contributed by atoms with van der Waals surface area (Å²) in [4.78, 5) is 4.68. The minimum atomic E-state index is 1.03. The molecule has 0 N–H and O–H groups in total. The van der Waals surface area contributed by atoms with Crippen LogP contribution < -0.4 is 0 Å². The van der Waals surface area contributed by atoms with Crippen LogP contribution >= 0.6 is 27.3 Å². The lowest BCUT2D eigenvalue weighted by Gasteiger charge is -1.97. The lowest BCUT2D eigenvalue weighted by atomic mass is 10.2. The number of nitrogens with zero attached hydrogens (tertiary/aromatic N) is 1. The van der Waals surface area contributed by atoms with Crippen LogP contribution in [0.4, 0.5) is 0 Å². The average Bonchev–Trinajstić information content (AvgIpc) is 3.10. The van der Waals surface area contributed by atoms with Crippen LogP contribution in [0.15, 0.2) is 64.5 Å². The Morgan fingerprint density at radius 2 is 1.36 bits per heavy atom. The Bertz CT molecular complexity index is 645. The Kier molecular flexibility index (Phi) is 8.71. The van der Waals surface area contributed by atoms with E-state index >= 15 is 0 Å². The second-order valence-corrected chi connectivity index (χ2v) is 5.68. The normalized spacial score (nSPS) is 9.14. The molecule has 0 unspecified atom stereocenters. The van der Waals surface area contributed by atoms with E-state index in [1.165, 1.54) is 5.56 Å². The number of hydrogen-bond acceptors (Lipinski definition) is 2. The predicted octanol–water partition coefficient (Wildman–Crippen LogP) is 7.29. The molecule has 1 aromatic heterocycles. The van der Waals surface area contributed by atoms with Crippen molar-refractivity contribution in [3.05, 3.63) is 64.5 Å². The molecule has 3 aromatic rings. The van der Waals surface area contributed by atoms with Crippen LogP contribution in [0.1, 0.15) is 27.7 Å². The van der Waals surface area contributed by atoms with Crippen molar-refractivity contribution >= 4 is 27.3 Å². The maximum absolute atomic E-state index is 4.68. The van der Waals surface area contributed by atoms with Gasteiger partial charge in [-0.1, -0.05) is 86.1 Å². The van der Waals surface area contributed by atoms with Gasteiger partial charge in [0.1, 0.15) is 5.01 Å². The molecule has 0 spiro atoms. The van der Waals surface area contributed by atoms with Crippen molar-refractivity contribution in [2.24, 2.45) is 0 Å². The molecule has 0 fully saturated rings. The van der Waals surface area contributed by atoms with Gasteiger partial charge in [0.2, 0.25) is 0 Å². The van der Waals surface area contributed by atoms with Crippen LogP contribution in [0, 0.1) is 0 Å². The fourth-order valence-corrected chi connectivity index (χ4v) is 2.84. The van der Waals surface area contributed by atoms with Crippen molar-refractivity contribution < 1.29 is 0 Å². The summed E-state index contributed by atoms with van der Waals surface area (Å²) in [5, 5.41) is 3.17. The van der Waals surface area contributed by atoms with Gasteiger partial charge in [-0.2, -0.15) is 0 Å². The zero-order chi connectivity index (χ0) is 16.4. The summed E-state index contributed by atoms with van der Waals surface area (Å²) in [6, 6.07) is 18.5. The second kappa shape index (κ2) is 10.3. The van der Waals surface area contributed by atoms with Gasteiger partial charge in [-0.3, -0.25) is 0 Å². The van der Waals surface area contributed by atoms with E-state index in [2.05, 4.69) is 50.6 Å². The molecule has 0 aliphatic rings. The smallest absolute Gasteiger partial charge is 0.124 e. The van der Waals surface area contributed by atoms with Gasteiger partial charge in [0.05, 0.1) is 5.69 Å². The molecular weight excluding hydrogens is 354 g/mol. The highest BCUT2D eigenvalue weighted by atomic mass is 79.9. The van der Waals surface area contributed by atoms with E-state index in [0.717, 1.165) is 20.7 Å². The average molecular weight is 376 g/mol. The minimum absolute atomic E-state index is 1.03. The Balaban J connectivity index is 0.000000561. The number of thiazole rings is 1. The van der Waals surface area contributed by atoms with E-state index in [0.29, 0.717) is 0 Å². The Labute approximate surface area is 146 Å². The van der Waals surface area contributed by atoms with Crippen LogP contribution in [-0.4, -0.2) is 4.98 Å². The van der Waals surface area contributed by atoms with Crippen molar-refractivity contribution in [3.63, 3.8) is 0 Å². The van der Waals surface area contributed by atoms with Gasteiger partial charge < -0.3 is 0 Å². The molecule has 0 aliphatic heterocycles. The largest absolute Gasteiger partial charge is 0.236 e. The van der Waals surface area contributed by atoms with Crippen molar-refractivity contribution in [2.75, 3.05) is 0 Å². The summed E-state index contributed by atoms with van der Waals surface area (Å²) in [6.45, 7) is 8.00. The zero-order valence-corrected chi connectivity index (χ0v) is 15.9. The van der Waals surface area contributed by atoms with E-state index in [9.17, 15) is 0 Å². The highest BCUT2D eigenvalue weighted by molar-refractivity contribution is 9.10. The summed E-state index contributed by atoms with van der Waals surface area (Å²) in [7, 11) is 0. The van der Waals surface area contributed by atoms with E-state index in [-0.39, 0.29) is 0 Å². The van der Waals surface area contributed by atoms with Crippen molar-refractivity contribution in [1.82, 2.24) is 4.98 Å². The van der Waals surface area contributed by atoms with Gasteiger partial charge in [0.25, 0.3) is 0 Å². The van der Waals surface area contributed by atoms with Crippen LogP contribution in [0.5, 0.6) is 0 Å². The SMILES string of the molecule is Brc1ccc(-c2csc(-c3ccccc3)n2)cc1.CC.CC. The fourth-order valence-electron chi connectivity index (χ4n) is 1.74. The van der Waals surface area contributed by atoms with Gasteiger partial charge in [-0.25, -0.2) is 4.98 Å². The maximum atomic E-state index is 4.68. The topological polar surface area (TPSA) is 12.9 Å². The van der Waals surface area contributed by atoms with Crippen LogP contribution in [0.25, 0.3) is 21.8 Å². The molecule has 22 heavy (non-hydrogen) atoms. The van der Waals surface area contributed by atoms with E-state index < -0.39 is 0 Å². The van der Waals surface area contributed by atoms with Crippen LogP contribution in [-0.2, 0) is 0 Å². The fraction of sp³-hybridized carbons (Fsp3) is 0.211. The first-order valence-electron chi connectivity index (χ1n) is 7.60. The molecule has 0 bridgehead atoms. The predicted molar refractivity (Wildman–Crippen MR) is 103 cm³/mol. The van der Waals surface area contributed by atoms with Gasteiger partial charge in [-0.05, 0) is 12.1 Å². The second-order valence-electron chi connectivity index (χ2n) is 3.91. The summed E-state index contributed by atoms with van der Waals surface area (Å²) < 4.78 is 1.09. The standard InChI is InChI=1S/C15H10BrNS.2C2H6/c16-13-8-6-11(7-9-13)14-10-18-15(17-14)12-4-2-1-3-5-12;2*1-2/h1-10H;2*1-2H3. The molecule has 1 heterocycles. The Morgan fingerprint density at radius 1 is 0.773 bits per heavy atom. The molecule has 0 saturated carbocycles. The number of halogens is 1. The van der Waals surface area contributed by atoms with E-state index in [4.69, 9.17) is 0 Å². The third kappa shape index (κ3) is 5.08. The van der Waals surface area contributed by atoms with Crippen molar-refractivity contribution in [2.45, 2.75) is 27.7 Å². The van der Waals surface area contributed by atoms with E-state index in [1.54, 1.807) is 11.3 Å². The number of hydrogen-bond donors (Lipinski definition) is 0. The summed E-state index contributed by atoms with van der Waals surface area (Å²) >= 11 is 5.12. The Morgan fingerprint density at radius 3 is 1.95 bits per heavy atom. The molecule has 0 saturated heterocycles. The highest BCUT2D eigenvalue weighted by Crippen LogP contribution is 2.29. The zero-order valence-electron chi connectivity index (χ0n) is 13.5. The van der Waals surface area contributed by atoms with Crippen LogP contribution in [0.3, 0.4) is 0 Å². The van der Waals surface area contributed by atoms with E-state index in [1.807, 2.05) is 58.0 Å². The molecule has 3 heteroatoms. The number of rotatable bonds is 2. The molecule has 0 atom stereocenters. The van der Waals surface area contributed by atoms with Gasteiger partial charge in [-0.15, -0.1) is 11.3 Å². The molecule has 2 aromatic carbocycles. The summed E-state index contributed by atoms with van der Waals surface area (Å²) in [5.74, 6) is 0. The van der Waals surface area contributed by atoms with Crippen molar-refractivity contribution in [1.29, 1.82) is 0 Å². The first kappa shape index (κ1) is 18.6. The van der Waals surface area contributed by atoms with Crippen molar-refractivity contribution in [3.8, 4) is 21.8 Å². The number of benzene rings is 2. The molecule has 0 aliphatic carbocycles. The highest BCUT2D eigenvalue weighted by Gasteiger charge is 2.05. The third-order valence-electron chi connectivity index (χ3n) is 2.66. The molecule has 0 amide bonds. The monoisotopic (exact) mass is 375 g/mol. The summed E-state index contributed by atoms with van der Waals surface area (Å²) in [6.07, 6.45) is 0. The lowest BCUT2D eigenvalue weighted by molar-refractivity contribution is 1.40. The first-order chi connectivity index (χ1) is 10.8. The quantitative estimate of drug-likeness (QED) is 0.457. The summed E-state index contributed by atoms with van der Waals surface area (Å²) in [5.41, 5.74) is 3.36. The molecular formula is C19H22BrNS. The van der Waals surface area contributed by atoms with Gasteiger partial charge in [0.15, 0.2) is 0 Å². The maximum Gasteiger partial charge on any atom is 0.124 e. The molecule has 3 rings (SSSR count). The third-order valence-corrected chi connectivity index (χ3v) is 4.08. The van der Waals surface area contributed by atoms with Gasteiger partial charge >= 0.3 is 0 Å².